The van der Waals surface area contributed by atoms with E-state index in [4.69, 9.17) is 0 Å². The monoisotopic (exact) mass is 442 g/mol. The molecule has 0 bridgehead atoms. The van der Waals surface area contributed by atoms with Gasteiger partial charge in [-0.05, 0) is 113 Å². The Labute approximate surface area is 200 Å². The molecule has 0 unspecified atom stereocenters. The molecule has 0 N–H and O–H groups in total. The van der Waals surface area contributed by atoms with Gasteiger partial charge in [0, 0.05) is 5.75 Å². The van der Waals surface area contributed by atoms with Crippen LogP contribution in [0.4, 0.5) is 0 Å². The molecule has 0 aromatic rings. The van der Waals surface area contributed by atoms with Gasteiger partial charge < -0.3 is 0 Å². The highest BCUT2D eigenvalue weighted by Crippen LogP contribution is 2.14. The van der Waals surface area contributed by atoms with E-state index in [2.05, 4.69) is 97.6 Å². The van der Waals surface area contributed by atoms with Gasteiger partial charge in [-0.1, -0.05) is 69.9 Å². The topological polar surface area (TPSA) is 0 Å². The molecule has 0 heterocycles. The van der Waals surface area contributed by atoms with E-state index in [1.165, 1.54) is 72.0 Å². The van der Waals surface area contributed by atoms with Gasteiger partial charge in [-0.15, -0.1) is 0 Å². The molecule has 0 nitrogen and oxygen atoms in total. The van der Waals surface area contributed by atoms with Crippen LogP contribution in [-0.4, -0.2) is 5.75 Å². The van der Waals surface area contributed by atoms with Crippen LogP contribution in [0.2, 0.25) is 0 Å². The van der Waals surface area contributed by atoms with Crippen molar-refractivity contribution >= 4 is 12.6 Å². The van der Waals surface area contributed by atoms with Crippen LogP contribution in [0.25, 0.3) is 0 Å². The quantitative estimate of drug-likeness (QED) is 0.137. The standard InChI is InChI=1S/C30H50S/c1-25(2)14-10-17-28(5)20-11-18-26(3)15-8-9-16-27(4)19-12-21-29(6)22-13-23-30(7)24-31/h14-16,20-21,23,31H,8-13,17-19,22,24H2,1-7H3/b26-15+,27-16+,28-20+,29-21-,30-23+. The van der Waals surface area contributed by atoms with Crippen molar-refractivity contribution < 1.29 is 0 Å². The number of allylic oxidation sites excluding steroid dienone is 11. The summed E-state index contributed by atoms with van der Waals surface area (Å²) in [5.74, 6) is 0.870. The molecule has 0 radical (unpaired) electrons. The molecule has 0 aliphatic rings. The first-order valence-corrected chi connectivity index (χ1v) is 12.9. The van der Waals surface area contributed by atoms with Crippen molar-refractivity contribution in [3.63, 3.8) is 0 Å². The molecule has 0 saturated heterocycles. The van der Waals surface area contributed by atoms with Crippen LogP contribution in [0.5, 0.6) is 0 Å². The Morgan fingerprint density at radius 2 is 0.710 bits per heavy atom. The maximum atomic E-state index is 4.31. The second kappa shape index (κ2) is 19.5. The molecule has 0 atom stereocenters. The fourth-order valence-corrected chi connectivity index (χ4v) is 3.49. The van der Waals surface area contributed by atoms with Crippen molar-refractivity contribution in [3.05, 3.63) is 69.9 Å². The SMILES string of the molecule is CC(C)=CCC/C(C)=C/CC/C(C)=C/CC/C=C(\C)CC/C=C(/C)CC/C=C(\C)CS. The molecular weight excluding hydrogens is 392 g/mol. The average Bonchev–Trinajstić information content (AvgIpc) is 2.70. The van der Waals surface area contributed by atoms with Crippen molar-refractivity contribution in [2.24, 2.45) is 0 Å². The van der Waals surface area contributed by atoms with Gasteiger partial charge in [-0.25, -0.2) is 0 Å². The largest absolute Gasteiger partial charge is 0.175 e. The Morgan fingerprint density at radius 1 is 0.419 bits per heavy atom. The zero-order valence-corrected chi connectivity index (χ0v) is 22.6. The average molecular weight is 443 g/mol. The lowest BCUT2D eigenvalue weighted by atomic mass is 10.0. The van der Waals surface area contributed by atoms with Gasteiger partial charge in [0.05, 0.1) is 0 Å². The minimum Gasteiger partial charge on any atom is -0.175 e. The Hall–Kier alpha value is -1.21. The molecule has 0 spiro atoms. The minimum absolute atomic E-state index is 0.870. The highest BCUT2D eigenvalue weighted by atomic mass is 32.1. The summed E-state index contributed by atoms with van der Waals surface area (Å²) in [7, 11) is 0. The molecule has 0 aliphatic heterocycles. The molecule has 0 aromatic heterocycles. The molecule has 0 fully saturated rings. The van der Waals surface area contributed by atoms with E-state index < -0.39 is 0 Å². The van der Waals surface area contributed by atoms with E-state index in [0.29, 0.717) is 0 Å². The second-order valence-corrected chi connectivity index (χ2v) is 9.74. The van der Waals surface area contributed by atoms with Crippen LogP contribution < -0.4 is 0 Å². The number of rotatable bonds is 16. The van der Waals surface area contributed by atoms with Gasteiger partial charge >= 0.3 is 0 Å². The first kappa shape index (κ1) is 29.8. The first-order valence-electron chi connectivity index (χ1n) is 12.3. The molecule has 0 rings (SSSR count). The van der Waals surface area contributed by atoms with E-state index >= 15 is 0 Å². The maximum absolute atomic E-state index is 4.31. The lowest BCUT2D eigenvalue weighted by Gasteiger charge is -2.03. The predicted octanol–water partition coefficient (Wildman–Crippen LogP) is 10.5. The van der Waals surface area contributed by atoms with E-state index in [0.717, 1.165) is 31.4 Å². The molecule has 176 valence electrons. The van der Waals surface area contributed by atoms with Crippen LogP contribution in [0.1, 0.15) is 113 Å². The lowest BCUT2D eigenvalue weighted by Crippen LogP contribution is -1.83. The Balaban J connectivity index is 4.07. The van der Waals surface area contributed by atoms with Crippen molar-refractivity contribution in [2.75, 3.05) is 5.75 Å². The number of thiol groups is 1. The highest BCUT2D eigenvalue weighted by molar-refractivity contribution is 7.80. The van der Waals surface area contributed by atoms with Crippen LogP contribution >= 0.6 is 12.6 Å². The third-order valence-corrected chi connectivity index (χ3v) is 6.09. The van der Waals surface area contributed by atoms with Crippen molar-refractivity contribution in [1.29, 1.82) is 0 Å². The van der Waals surface area contributed by atoms with Crippen molar-refractivity contribution in [3.8, 4) is 0 Å². The van der Waals surface area contributed by atoms with E-state index in [1.807, 2.05) is 0 Å². The van der Waals surface area contributed by atoms with Crippen molar-refractivity contribution in [1.82, 2.24) is 0 Å². The smallest absolute Gasteiger partial charge is 0.0110 e. The number of hydrogen-bond donors (Lipinski definition) is 1. The zero-order chi connectivity index (χ0) is 23.5. The van der Waals surface area contributed by atoms with Gasteiger partial charge in [0.2, 0.25) is 0 Å². The molecule has 0 amide bonds. The summed E-state index contributed by atoms with van der Waals surface area (Å²) >= 11 is 4.31. The molecule has 0 aromatic carbocycles. The summed E-state index contributed by atoms with van der Waals surface area (Å²) < 4.78 is 0. The maximum Gasteiger partial charge on any atom is 0.0110 e. The van der Waals surface area contributed by atoms with Crippen LogP contribution in [0.3, 0.4) is 0 Å². The van der Waals surface area contributed by atoms with Gasteiger partial charge in [0.1, 0.15) is 0 Å². The molecular formula is C30H50S. The normalized spacial score (nSPS) is 14.3. The number of hydrogen-bond acceptors (Lipinski definition) is 1. The summed E-state index contributed by atoms with van der Waals surface area (Å²) in [4.78, 5) is 0. The van der Waals surface area contributed by atoms with Gasteiger partial charge in [0.25, 0.3) is 0 Å². The van der Waals surface area contributed by atoms with Crippen molar-refractivity contribution in [2.45, 2.75) is 113 Å². The summed E-state index contributed by atoms with van der Waals surface area (Å²) in [5, 5.41) is 0. The van der Waals surface area contributed by atoms with E-state index in [9.17, 15) is 0 Å². The Bertz CT molecular complexity index is 661. The van der Waals surface area contributed by atoms with Gasteiger partial charge in [0.15, 0.2) is 0 Å². The minimum atomic E-state index is 0.870. The fourth-order valence-electron chi connectivity index (χ4n) is 3.36. The van der Waals surface area contributed by atoms with Crippen LogP contribution in [-0.2, 0) is 0 Å². The number of unbranched alkanes of at least 4 members (excludes halogenated alkanes) is 1. The second-order valence-electron chi connectivity index (χ2n) is 9.42. The van der Waals surface area contributed by atoms with Gasteiger partial charge in [-0.2, -0.15) is 12.6 Å². The van der Waals surface area contributed by atoms with E-state index in [-0.39, 0.29) is 0 Å². The summed E-state index contributed by atoms with van der Waals surface area (Å²) in [6, 6.07) is 0. The van der Waals surface area contributed by atoms with Crippen LogP contribution in [0.15, 0.2) is 69.9 Å². The third kappa shape index (κ3) is 20.4. The fraction of sp³-hybridized carbons (Fsp3) is 0.600. The zero-order valence-electron chi connectivity index (χ0n) is 21.7. The Kier molecular flexibility index (Phi) is 18.7. The molecule has 31 heavy (non-hydrogen) atoms. The van der Waals surface area contributed by atoms with Gasteiger partial charge in [-0.3, -0.25) is 0 Å². The predicted molar refractivity (Wildman–Crippen MR) is 148 cm³/mol. The van der Waals surface area contributed by atoms with Crippen LogP contribution in [0, 0.1) is 0 Å². The van der Waals surface area contributed by atoms with E-state index in [1.54, 1.807) is 0 Å². The third-order valence-electron chi connectivity index (χ3n) is 5.59. The summed E-state index contributed by atoms with van der Waals surface area (Å²) in [6.07, 6.45) is 26.1. The molecule has 1 heteroatoms. The molecule has 0 saturated carbocycles. The lowest BCUT2D eigenvalue weighted by molar-refractivity contribution is 0.896. The first-order chi connectivity index (χ1) is 14.7. The summed E-state index contributed by atoms with van der Waals surface area (Å²) in [6.45, 7) is 15.6. The Morgan fingerprint density at radius 3 is 1.03 bits per heavy atom. The molecule has 0 aliphatic carbocycles. The highest BCUT2D eigenvalue weighted by Gasteiger charge is 1.94. The summed E-state index contributed by atoms with van der Waals surface area (Å²) in [5.41, 5.74) is 8.88.